The highest BCUT2D eigenvalue weighted by atomic mass is 16.2. The van der Waals surface area contributed by atoms with Crippen molar-refractivity contribution in [1.29, 1.82) is 0 Å². The molecule has 0 N–H and O–H groups in total. The smallest absolute Gasteiger partial charge is 0.245 e. The minimum absolute atomic E-state index is 0.00737. The fourth-order valence-corrected chi connectivity index (χ4v) is 3.98. The maximum absolute atomic E-state index is 12.9. The molecule has 3 rings (SSSR count). The topological polar surface area (TPSA) is 58.4 Å². The lowest BCUT2D eigenvalue weighted by atomic mass is 10.0. The molecule has 2 aliphatic heterocycles. The number of likely N-dealkylation sites (tertiary alicyclic amines) is 2. The van der Waals surface area contributed by atoms with Gasteiger partial charge in [-0.25, -0.2) is 0 Å². The van der Waals surface area contributed by atoms with E-state index >= 15 is 0 Å². The number of aromatic nitrogens is 2. The molecule has 0 aromatic carbocycles. The first-order valence-corrected chi connectivity index (χ1v) is 8.56. The van der Waals surface area contributed by atoms with Gasteiger partial charge in [0.2, 0.25) is 11.8 Å². The second-order valence-electron chi connectivity index (χ2n) is 6.82. The molecule has 23 heavy (non-hydrogen) atoms. The third-order valence-electron chi connectivity index (χ3n) is 5.04. The van der Waals surface area contributed by atoms with Gasteiger partial charge in [-0.3, -0.25) is 14.3 Å². The van der Waals surface area contributed by atoms with E-state index in [1.807, 2.05) is 11.8 Å². The van der Waals surface area contributed by atoms with Crippen molar-refractivity contribution < 1.29 is 9.59 Å². The van der Waals surface area contributed by atoms with Crippen LogP contribution in [0.15, 0.2) is 6.07 Å². The van der Waals surface area contributed by atoms with Gasteiger partial charge >= 0.3 is 0 Å². The molecule has 1 aromatic heterocycles. The SMILES string of the molecule is CC(=O)N1CCCC1C(=O)N1CCCC(n2nc(C)cc2C)C1. The number of rotatable bonds is 2. The molecular formula is C17H26N4O2. The minimum Gasteiger partial charge on any atom is -0.339 e. The predicted octanol–water partition coefficient (Wildman–Crippen LogP) is 1.67. The van der Waals surface area contributed by atoms with E-state index < -0.39 is 0 Å². The molecule has 0 saturated carbocycles. The van der Waals surface area contributed by atoms with Crippen LogP contribution in [-0.4, -0.2) is 57.1 Å². The molecule has 2 fully saturated rings. The first-order chi connectivity index (χ1) is 11.0. The van der Waals surface area contributed by atoms with Crippen molar-refractivity contribution in [3.8, 4) is 0 Å². The quantitative estimate of drug-likeness (QED) is 0.833. The maximum Gasteiger partial charge on any atom is 0.245 e. The normalized spacial score (nSPS) is 25.0. The molecule has 0 bridgehead atoms. The standard InChI is InChI=1S/C17H26N4O2/c1-12-10-13(2)21(18-12)15-6-4-8-19(11-15)17(23)16-7-5-9-20(16)14(3)22/h10,15-16H,4-9,11H2,1-3H3. The molecule has 2 amide bonds. The van der Waals surface area contributed by atoms with Gasteiger partial charge in [-0.1, -0.05) is 0 Å². The zero-order valence-corrected chi connectivity index (χ0v) is 14.3. The van der Waals surface area contributed by atoms with Gasteiger partial charge in [-0.2, -0.15) is 5.10 Å². The van der Waals surface area contributed by atoms with Gasteiger partial charge in [0.25, 0.3) is 0 Å². The third-order valence-corrected chi connectivity index (χ3v) is 5.04. The van der Waals surface area contributed by atoms with Crippen LogP contribution in [0.5, 0.6) is 0 Å². The van der Waals surface area contributed by atoms with E-state index in [2.05, 4.69) is 22.8 Å². The van der Waals surface area contributed by atoms with Gasteiger partial charge in [0.15, 0.2) is 0 Å². The van der Waals surface area contributed by atoms with Crippen LogP contribution in [0.25, 0.3) is 0 Å². The number of amides is 2. The van der Waals surface area contributed by atoms with Gasteiger partial charge in [-0.05, 0) is 45.6 Å². The Morgan fingerprint density at radius 3 is 2.57 bits per heavy atom. The van der Waals surface area contributed by atoms with Gasteiger partial charge in [0.1, 0.15) is 6.04 Å². The van der Waals surface area contributed by atoms with E-state index in [1.54, 1.807) is 11.8 Å². The van der Waals surface area contributed by atoms with Gasteiger partial charge in [0, 0.05) is 32.3 Å². The number of piperidine rings is 1. The summed E-state index contributed by atoms with van der Waals surface area (Å²) >= 11 is 0. The first kappa shape index (κ1) is 16.0. The van der Waals surface area contributed by atoms with Crippen molar-refractivity contribution >= 4 is 11.8 Å². The van der Waals surface area contributed by atoms with Crippen molar-refractivity contribution in [3.63, 3.8) is 0 Å². The number of carbonyl (C=O) groups excluding carboxylic acids is 2. The summed E-state index contributed by atoms with van der Waals surface area (Å²) in [5.41, 5.74) is 2.16. The van der Waals surface area contributed by atoms with Crippen molar-refractivity contribution in [3.05, 3.63) is 17.5 Å². The highest BCUT2D eigenvalue weighted by molar-refractivity contribution is 5.87. The van der Waals surface area contributed by atoms with E-state index in [-0.39, 0.29) is 23.9 Å². The third kappa shape index (κ3) is 3.12. The molecule has 0 spiro atoms. The number of nitrogens with zero attached hydrogens (tertiary/aromatic N) is 4. The Hall–Kier alpha value is -1.85. The molecule has 1 aromatic rings. The van der Waals surface area contributed by atoms with E-state index in [9.17, 15) is 9.59 Å². The zero-order chi connectivity index (χ0) is 16.6. The van der Waals surface area contributed by atoms with Crippen LogP contribution < -0.4 is 0 Å². The molecule has 2 atom stereocenters. The molecule has 2 unspecified atom stereocenters. The fourth-order valence-electron chi connectivity index (χ4n) is 3.98. The lowest BCUT2D eigenvalue weighted by Crippen LogP contribution is -2.50. The lowest BCUT2D eigenvalue weighted by molar-refractivity contribution is -0.144. The summed E-state index contributed by atoms with van der Waals surface area (Å²) in [4.78, 5) is 28.3. The summed E-state index contributed by atoms with van der Waals surface area (Å²) < 4.78 is 2.06. The molecule has 3 heterocycles. The fraction of sp³-hybridized carbons (Fsp3) is 0.706. The van der Waals surface area contributed by atoms with Crippen molar-refractivity contribution in [2.24, 2.45) is 0 Å². The summed E-state index contributed by atoms with van der Waals surface area (Å²) in [7, 11) is 0. The summed E-state index contributed by atoms with van der Waals surface area (Å²) in [6.45, 7) is 7.81. The van der Waals surface area contributed by atoms with Crippen LogP contribution >= 0.6 is 0 Å². The molecule has 6 nitrogen and oxygen atoms in total. The van der Waals surface area contributed by atoms with Crippen LogP contribution in [0.1, 0.15) is 50.0 Å². The van der Waals surface area contributed by atoms with Crippen molar-refractivity contribution in [1.82, 2.24) is 19.6 Å². The van der Waals surface area contributed by atoms with Crippen molar-refractivity contribution in [2.75, 3.05) is 19.6 Å². The Kier molecular flexibility index (Phi) is 4.41. The molecule has 2 saturated heterocycles. The van der Waals surface area contributed by atoms with Gasteiger partial charge < -0.3 is 9.80 Å². The summed E-state index contributed by atoms with van der Waals surface area (Å²) in [6, 6.07) is 2.06. The molecule has 0 radical (unpaired) electrons. The summed E-state index contributed by atoms with van der Waals surface area (Å²) in [6.07, 6.45) is 3.75. The molecule has 6 heteroatoms. The van der Waals surface area contributed by atoms with E-state index in [0.717, 1.165) is 43.6 Å². The van der Waals surface area contributed by atoms with Crippen LogP contribution in [0.3, 0.4) is 0 Å². The van der Waals surface area contributed by atoms with Gasteiger partial charge in [-0.15, -0.1) is 0 Å². The first-order valence-electron chi connectivity index (χ1n) is 8.56. The second-order valence-corrected chi connectivity index (χ2v) is 6.82. The maximum atomic E-state index is 12.9. The second kappa shape index (κ2) is 6.34. The Balaban J connectivity index is 1.72. The Bertz CT molecular complexity index is 610. The highest BCUT2D eigenvalue weighted by Gasteiger charge is 2.37. The summed E-state index contributed by atoms with van der Waals surface area (Å²) in [5, 5.41) is 4.58. The Morgan fingerprint density at radius 1 is 1.17 bits per heavy atom. The number of aryl methyl sites for hydroxylation is 2. The molecule has 0 aliphatic carbocycles. The highest BCUT2D eigenvalue weighted by Crippen LogP contribution is 2.26. The summed E-state index contributed by atoms with van der Waals surface area (Å²) in [5.74, 6) is 0.122. The molecule has 2 aliphatic rings. The predicted molar refractivity (Wildman–Crippen MR) is 87.0 cm³/mol. The zero-order valence-electron chi connectivity index (χ0n) is 14.3. The van der Waals surface area contributed by atoms with Crippen LogP contribution in [0, 0.1) is 13.8 Å². The number of hydrogen-bond donors (Lipinski definition) is 0. The average Bonchev–Trinajstić information content (AvgIpc) is 3.13. The lowest BCUT2D eigenvalue weighted by Gasteiger charge is -2.36. The van der Waals surface area contributed by atoms with Crippen LogP contribution in [0.4, 0.5) is 0 Å². The van der Waals surface area contributed by atoms with E-state index in [0.29, 0.717) is 13.1 Å². The number of hydrogen-bond acceptors (Lipinski definition) is 3. The average molecular weight is 318 g/mol. The Morgan fingerprint density at radius 2 is 1.91 bits per heavy atom. The van der Waals surface area contributed by atoms with Crippen LogP contribution in [0.2, 0.25) is 0 Å². The largest absolute Gasteiger partial charge is 0.339 e. The number of carbonyl (C=O) groups is 2. The Labute approximate surface area is 137 Å². The molecule has 126 valence electrons. The van der Waals surface area contributed by atoms with Gasteiger partial charge in [0.05, 0.1) is 11.7 Å². The van der Waals surface area contributed by atoms with Crippen LogP contribution in [-0.2, 0) is 9.59 Å². The van der Waals surface area contributed by atoms with Crippen molar-refractivity contribution in [2.45, 2.75) is 58.5 Å². The molecular weight excluding hydrogens is 292 g/mol. The minimum atomic E-state index is -0.258. The van der Waals surface area contributed by atoms with E-state index in [4.69, 9.17) is 0 Å². The monoisotopic (exact) mass is 318 g/mol. The van der Waals surface area contributed by atoms with E-state index in [1.165, 1.54) is 0 Å².